The molecule has 9 heteroatoms. The molecule has 0 aliphatic carbocycles. The van der Waals surface area contributed by atoms with Crippen LogP contribution in [0.15, 0.2) is 47.4 Å². The van der Waals surface area contributed by atoms with E-state index >= 15 is 0 Å². The molecule has 4 N–H and O–H groups in total. The summed E-state index contributed by atoms with van der Waals surface area (Å²) >= 11 is 0. The van der Waals surface area contributed by atoms with Gasteiger partial charge in [-0.2, -0.15) is 4.72 Å². The van der Waals surface area contributed by atoms with Crippen LogP contribution < -0.4 is 10.0 Å². The second kappa shape index (κ2) is 7.54. The van der Waals surface area contributed by atoms with E-state index in [4.69, 9.17) is 5.11 Å². The highest BCUT2D eigenvalue weighted by Crippen LogP contribution is 2.21. The van der Waals surface area contributed by atoms with Gasteiger partial charge >= 0.3 is 5.97 Å². The van der Waals surface area contributed by atoms with Gasteiger partial charge in [0.25, 0.3) is 5.91 Å². The number of phenolic OH excluding ortho intramolecular Hbond substituents is 1. The Morgan fingerprint density at radius 3 is 2.23 bits per heavy atom. The molecule has 0 heterocycles. The summed E-state index contributed by atoms with van der Waals surface area (Å²) in [5.74, 6) is -2.00. The van der Waals surface area contributed by atoms with Crippen molar-refractivity contribution in [1.29, 1.82) is 0 Å². The van der Waals surface area contributed by atoms with E-state index in [1.807, 2.05) is 4.72 Å². The van der Waals surface area contributed by atoms with Crippen LogP contribution in [0.25, 0.3) is 0 Å². The predicted molar refractivity (Wildman–Crippen MR) is 94.7 cm³/mol. The van der Waals surface area contributed by atoms with Crippen LogP contribution >= 0.6 is 0 Å². The number of aliphatic carboxylic acids is 1. The summed E-state index contributed by atoms with van der Waals surface area (Å²) in [5.41, 5.74) is 1.21. The molecule has 0 aliphatic rings. The number of phenols is 1. The van der Waals surface area contributed by atoms with Crippen molar-refractivity contribution >= 4 is 27.6 Å². The Balaban J connectivity index is 2.14. The molecule has 2 aromatic rings. The molecule has 8 nitrogen and oxygen atoms in total. The summed E-state index contributed by atoms with van der Waals surface area (Å²) in [6.07, 6.45) is 0. The van der Waals surface area contributed by atoms with Gasteiger partial charge in [-0.05, 0) is 55.8 Å². The summed E-state index contributed by atoms with van der Waals surface area (Å²) in [5, 5.41) is 21.2. The molecule has 138 valence electrons. The molecule has 0 saturated heterocycles. The number of nitrogens with one attached hydrogen (secondary N) is 2. The SMILES string of the molecule is Cc1ccc(C(=O)Nc2ccc(S(=O)(=O)N[C@H](C)C(=O)O)cc2)c(O)c1. The van der Waals surface area contributed by atoms with Crippen LogP contribution in [-0.4, -0.2) is 36.5 Å². The Morgan fingerprint density at radius 1 is 1.08 bits per heavy atom. The smallest absolute Gasteiger partial charge is 0.321 e. The van der Waals surface area contributed by atoms with E-state index in [-0.39, 0.29) is 16.2 Å². The van der Waals surface area contributed by atoms with Crippen molar-refractivity contribution in [2.75, 3.05) is 5.32 Å². The number of carbonyl (C=O) groups excluding carboxylic acids is 1. The maximum Gasteiger partial charge on any atom is 0.321 e. The third-order valence-corrected chi connectivity index (χ3v) is 5.08. The third-order valence-electron chi connectivity index (χ3n) is 3.52. The Kier molecular flexibility index (Phi) is 5.63. The average molecular weight is 378 g/mol. The fraction of sp³-hybridized carbons (Fsp3) is 0.176. The van der Waals surface area contributed by atoms with Gasteiger partial charge in [0.2, 0.25) is 10.0 Å². The Labute approximate surface area is 150 Å². The highest BCUT2D eigenvalue weighted by molar-refractivity contribution is 7.89. The first-order valence-corrected chi connectivity index (χ1v) is 9.04. The largest absolute Gasteiger partial charge is 0.507 e. The zero-order chi connectivity index (χ0) is 19.5. The summed E-state index contributed by atoms with van der Waals surface area (Å²) in [6.45, 7) is 2.99. The van der Waals surface area contributed by atoms with Crippen LogP contribution in [0.2, 0.25) is 0 Å². The van der Waals surface area contributed by atoms with Gasteiger partial charge in [0.05, 0.1) is 10.5 Å². The maximum atomic E-state index is 12.2. The van der Waals surface area contributed by atoms with E-state index in [1.165, 1.54) is 43.3 Å². The number of hydrogen-bond acceptors (Lipinski definition) is 5. The molecule has 1 atom stereocenters. The van der Waals surface area contributed by atoms with Crippen LogP contribution in [0.5, 0.6) is 5.75 Å². The number of aryl methyl sites for hydroxylation is 1. The zero-order valence-electron chi connectivity index (χ0n) is 14.1. The summed E-state index contributed by atoms with van der Waals surface area (Å²) in [7, 11) is -4.00. The Bertz CT molecular complexity index is 938. The normalized spacial score (nSPS) is 12.4. The molecule has 0 aromatic heterocycles. The van der Waals surface area contributed by atoms with E-state index in [0.29, 0.717) is 5.69 Å². The van der Waals surface area contributed by atoms with Gasteiger partial charge in [-0.3, -0.25) is 9.59 Å². The van der Waals surface area contributed by atoms with Crippen LogP contribution in [-0.2, 0) is 14.8 Å². The van der Waals surface area contributed by atoms with Gasteiger partial charge in [-0.15, -0.1) is 0 Å². The Morgan fingerprint density at radius 2 is 1.69 bits per heavy atom. The van der Waals surface area contributed by atoms with E-state index in [2.05, 4.69) is 5.32 Å². The highest BCUT2D eigenvalue weighted by atomic mass is 32.2. The molecule has 2 rings (SSSR count). The van der Waals surface area contributed by atoms with E-state index in [0.717, 1.165) is 5.56 Å². The molecule has 0 fully saturated rings. The first kappa shape index (κ1) is 19.4. The number of hydrogen-bond donors (Lipinski definition) is 4. The van der Waals surface area contributed by atoms with E-state index < -0.39 is 27.9 Å². The molecule has 0 unspecified atom stereocenters. The standard InChI is InChI=1S/C17H18N2O6S/c1-10-3-8-14(15(20)9-10)16(21)18-12-4-6-13(7-5-12)26(24,25)19-11(2)17(22)23/h3-9,11,19-20H,1-2H3,(H,18,21)(H,22,23)/t11-/m1/s1. The number of anilines is 1. The third kappa shape index (κ3) is 4.58. The molecule has 1 amide bonds. The van der Waals surface area contributed by atoms with Crippen LogP contribution in [0.4, 0.5) is 5.69 Å². The first-order valence-electron chi connectivity index (χ1n) is 7.56. The fourth-order valence-corrected chi connectivity index (χ4v) is 3.30. The lowest BCUT2D eigenvalue weighted by Crippen LogP contribution is -2.38. The number of benzene rings is 2. The number of rotatable bonds is 6. The van der Waals surface area contributed by atoms with Gasteiger partial charge in [0.15, 0.2) is 0 Å². The van der Waals surface area contributed by atoms with Crippen molar-refractivity contribution in [1.82, 2.24) is 4.72 Å². The lowest BCUT2D eigenvalue weighted by Gasteiger charge is -2.11. The van der Waals surface area contributed by atoms with Crippen molar-refractivity contribution in [3.8, 4) is 5.75 Å². The quantitative estimate of drug-likeness (QED) is 0.605. The van der Waals surface area contributed by atoms with Crippen molar-refractivity contribution in [3.63, 3.8) is 0 Å². The number of carbonyl (C=O) groups is 2. The number of sulfonamides is 1. The summed E-state index contributed by atoms with van der Waals surface area (Å²) < 4.78 is 26.2. The van der Waals surface area contributed by atoms with E-state index in [1.54, 1.807) is 13.0 Å². The first-order chi connectivity index (χ1) is 12.1. The number of aromatic hydroxyl groups is 1. The van der Waals surface area contributed by atoms with Gasteiger partial charge in [0.1, 0.15) is 11.8 Å². The van der Waals surface area contributed by atoms with E-state index in [9.17, 15) is 23.1 Å². The molecule has 0 saturated carbocycles. The Hall–Kier alpha value is -2.91. The minimum absolute atomic E-state index is 0.0873. The lowest BCUT2D eigenvalue weighted by molar-refractivity contribution is -0.138. The van der Waals surface area contributed by atoms with Crippen molar-refractivity contribution in [2.24, 2.45) is 0 Å². The lowest BCUT2D eigenvalue weighted by atomic mass is 10.1. The van der Waals surface area contributed by atoms with Crippen molar-refractivity contribution in [2.45, 2.75) is 24.8 Å². The maximum absolute atomic E-state index is 12.2. The molecule has 0 radical (unpaired) electrons. The topological polar surface area (TPSA) is 133 Å². The monoisotopic (exact) mass is 378 g/mol. The van der Waals surface area contributed by atoms with Crippen LogP contribution in [0.3, 0.4) is 0 Å². The molecule has 0 aliphatic heterocycles. The molecule has 0 bridgehead atoms. The number of carboxylic acids is 1. The summed E-state index contributed by atoms with van der Waals surface area (Å²) in [6, 6.07) is 8.55. The second-order valence-electron chi connectivity index (χ2n) is 5.68. The van der Waals surface area contributed by atoms with Gasteiger partial charge in [0, 0.05) is 5.69 Å². The fourth-order valence-electron chi connectivity index (χ4n) is 2.10. The molecule has 2 aromatic carbocycles. The minimum Gasteiger partial charge on any atom is -0.507 e. The number of amides is 1. The van der Waals surface area contributed by atoms with Gasteiger partial charge < -0.3 is 15.5 Å². The molecule has 26 heavy (non-hydrogen) atoms. The van der Waals surface area contributed by atoms with Gasteiger partial charge in [-0.25, -0.2) is 8.42 Å². The molecular weight excluding hydrogens is 360 g/mol. The van der Waals surface area contributed by atoms with Gasteiger partial charge in [-0.1, -0.05) is 6.07 Å². The minimum atomic E-state index is -4.00. The molecular formula is C17H18N2O6S. The summed E-state index contributed by atoms with van der Waals surface area (Å²) in [4.78, 5) is 22.8. The zero-order valence-corrected chi connectivity index (χ0v) is 14.9. The van der Waals surface area contributed by atoms with Crippen LogP contribution in [0, 0.1) is 6.92 Å². The number of carboxylic acid groups (broad SMARTS) is 1. The van der Waals surface area contributed by atoms with Crippen molar-refractivity contribution < 1.29 is 28.2 Å². The predicted octanol–water partition coefficient (Wildman–Crippen LogP) is 1.70. The van der Waals surface area contributed by atoms with Crippen molar-refractivity contribution in [3.05, 3.63) is 53.6 Å². The van der Waals surface area contributed by atoms with Crippen LogP contribution in [0.1, 0.15) is 22.8 Å². The second-order valence-corrected chi connectivity index (χ2v) is 7.39. The molecule has 0 spiro atoms. The highest BCUT2D eigenvalue weighted by Gasteiger charge is 2.21. The average Bonchev–Trinajstić information content (AvgIpc) is 2.54.